The van der Waals surface area contributed by atoms with Crippen molar-refractivity contribution >= 4 is 0 Å². The fraction of sp³-hybridized carbons (Fsp3) is 0.0169. The van der Waals surface area contributed by atoms with Crippen molar-refractivity contribution in [2.75, 3.05) is 0 Å². The summed E-state index contributed by atoms with van der Waals surface area (Å²) in [6.45, 7) is 0. The number of rotatable bonds is 8. The van der Waals surface area contributed by atoms with E-state index in [4.69, 9.17) is 9.97 Å². The van der Waals surface area contributed by atoms with Crippen molar-refractivity contribution in [3.05, 3.63) is 265 Å². The monoisotopic (exact) mass is 776 g/mol. The Labute approximate surface area is 357 Å². The third-order valence-electron chi connectivity index (χ3n) is 12.2. The minimum absolute atomic E-state index is 0.416. The highest BCUT2D eigenvalue weighted by atomic mass is 14.9. The normalized spacial score (nSPS) is 12.4. The molecule has 0 unspecified atom stereocenters. The lowest BCUT2D eigenvalue weighted by molar-refractivity contribution is 0.768. The van der Waals surface area contributed by atoms with Crippen LogP contribution in [0.5, 0.6) is 0 Å². The average molecular weight is 777 g/mol. The van der Waals surface area contributed by atoms with Crippen LogP contribution in [-0.4, -0.2) is 9.97 Å². The van der Waals surface area contributed by atoms with Gasteiger partial charge in [0.2, 0.25) is 0 Å². The number of aromatic nitrogens is 2. The molecule has 1 aromatic heterocycles. The fourth-order valence-corrected chi connectivity index (χ4v) is 9.29. The molecule has 0 aliphatic heterocycles. The first-order valence-electron chi connectivity index (χ1n) is 20.9. The molecule has 0 saturated heterocycles. The fourth-order valence-electron chi connectivity index (χ4n) is 9.29. The lowest BCUT2D eigenvalue weighted by atomic mass is 9.67. The van der Waals surface area contributed by atoms with Gasteiger partial charge in [-0.2, -0.15) is 0 Å². The van der Waals surface area contributed by atoms with Gasteiger partial charge in [-0.1, -0.05) is 224 Å². The van der Waals surface area contributed by atoms with Gasteiger partial charge in [-0.15, -0.1) is 0 Å². The van der Waals surface area contributed by atoms with Crippen LogP contribution in [0.3, 0.4) is 0 Å². The van der Waals surface area contributed by atoms with Crippen LogP contribution in [0, 0.1) is 0 Å². The summed E-state index contributed by atoms with van der Waals surface area (Å²) in [6, 6.07) is 87.1. The SMILES string of the molecule is c1ccc(-c2ccc(-c3cc(-c4ccccc4)nc(-c4cccc(-c5cccc(-c6ccc(C7(c8ccccc8)c8ccccc8-c8ccccc87)cc6)c5)c4)n3)cc2)cc1. The predicted molar refractivity (Wildman–Crippen MR) is 252 cm³/mol. The van der Waals surface area contributed by atoms with Gasteiger partial charge < -0.3 is 0 Å². The van der Waals surface area contributed by atoms with Crippen molar-refractivity contribution in [3.63, 3.8) is 0 Å². The van der Waals surface area contributed by atoms with E-state index >= 15 is 0 Å². The number of hydrogen-bond acceptors (Lipinski definition) is 2. The molecule has 2 heteroatoms. The van der Waals surface area contributed by atoms with Crippen LogP contribution in [0.2, 0.25) is 0 Å². The van der Waals surface area contributed by atoms with Crippen LogP contribution in [0.25, 0.3) is 78.4 Å². The zero-order valence-corrected chi connectivity index (χ0v) is 33.5. The van der Waals surface area contributed by atoms with Crippen LogP contribution in [0.1, 0.15) is 22.3 Å². The molecular weight excluding hydrogens is 737 g/mol. The maximum absolute atomic E-state index is 5.19. The van der Waals surface area contributed by atoms with Gasteiger partial charge in [0.1, 0.15) is 0 Å². The first-order valence-corrected chi connectivity index (χ1v) is 20.9. The second-order valence-electron chi connectivity index (χ2n) is 15.7. The van der Waals surface area contributed by atoms with E-state index < -0.39 is 5.41 Å². The predicted octanol–water partition coefficient (Wildman–Crippen LogP) is 14.8. The summed E-state index contributed by atoms with van der Waals surface area (Å²) in [7, 11) is 0. The molecule has 1 aliphatic carbocycles. The van der Waals surface area contributed by atoms with Gasteiger partial charge in [-0.25, -0.2) is 9.97 Å². The summed E-state index contributed by atoms with van der Waals surface area (Å²) >= 11 is 0. The molecule has 0 fully saturated rings. The first-order chi connectivity index (χ1) is 30.2. The summed E-state index contributed by atoms with van der Waals surface area (Å²) in [4.78, 5) is 10.3. The Balaban J connectivity index is 0.949. The van der Waals surface area contributed by atoms with E-state index in [2.05, 4.69) is 231 Å². The molecule has 9 aromatic carbocycles. The second kappa shape index (κ2) is 15.3. The summed E-state index contributed by atoms with van der Waals surface area (Å²) in [5.41, 5.74) is 19.2. The van der Waals surface area contributed by atoms with Crippen molar-refractivity contribution < 1.29 is 0 Å². The third-order valence-corrected chi connectivity index (χ3v) is 12.2. The smallest absolute Gasteiger partial charge is 0.160 e. The molecule has 11 rings (SSSR count). The molecule has 0 bridgehead atoms. The Morgan fingerprint density at radius 1 is 0.246 bits per heavy atom. The summed E-state index contributed by atoms with van der Waals surface area (Å²) in [5.74, 6) is 0.694. The van der Waals surface area contributed by atoms with Gasteiger partial charge in [0.15, 0.2) is 5.82 Å². The number of fused-ring (bicyclic) bond motifs is 3. The van der Waals surface area contributed by atoms with Crippen LogP contribution in [-0.2, 0) is 5.41 Å². The summed E-state index contributed by atoms with van der Waals surface area (Å²) in [6.07, 6.45) is 0. The number of hydrogen-bond donors (Lipinski definition) is 0. The molecule has 0 N–H and O–H groups in total. The molecule has 286 valence electrons. The maximum Gasteiger partial charge on any atom is 0.160 e. The van der Waals surface area contributed by atoms with Crippen molar-refractivity contribution in [1.29, 1.82) is 0 Å². The largest absolute Gasteiger partial charge is 0.228 e. The second-order valence-corrected chi connectivity index (χ2v) is 15.7. The van der Waals surface area contributed by atoms with Crippen molar-refractivity contribution in [2.24, 2.45) is 0 Å². The topological polar surface area (TPSA) is 25.8 Å². The van der Waals surface area contributed by atoms with Gasteiger partial charge in [0.25, 0.3) is 0 Å². The van der Waals surface area contributed by atoms with E-state index in [-0.39, 0.29) is 0 Å². The summed E-state index contributed by atoms with van der Waals surface area (Å²) < 4.78 is 0. The Hall–Kier alpha value is -7.94. The number of nitrogens with zero attached hydrogens (tertiary/aromatic N) is 2. The van der Waals surface area contributed by atoms with E-state index in [1.807, 2.05) is 12.1 Å². The standard InChI is InChI=1S/C59H40N2/c1-4-16-41(17-5-1)42-30-32-45(33-31-42)57-40-56(44-18-6-2-7-19-44)60-58(61-57)49-23-15-22-48(39-49)47-21-14-20-46(38-47)43-34-36-51(37-35-43)59(50-24-8-3-9-25-50)54-28-12-10-26-52(54)53-27-11-13-29-55(53)59/h1-40H. The Kier molecular flexibility index (Phi) is 9.09. The quantitative estimate of drug-likeness (QED) is 0.154. The van der Waals surface area contributed by atoms with Gasteiger partial charge >= 0.3 is 0 Å². The van der Waals surface area contributed by atoms with E-state index in [9.17, 15) is 0 Å². The lowest BCUT2D eigenvalue weighted by Crippen LogP contribution is -2.28. The molecule has 0 atom stereocenters. The van der Waals surface area contributed by atoms with E-state index in [0.717, 1.165) is 39.2 Å². The van der Waals surface area contributed by atoms with E-state index in [1.165, 1.54) is 55.6 Å². The highest BCUT2D eigenvalue weighted by Crippen LogP contribution is 2.56. The van der Waals surface area contributed by atoms with Crippen molar-refractivity contribution in [2.45, 2.75) is 5.41 Å². The molecule has 10 aromatic rings. The molecule has 0 spiro atoms. The van der Waals surface area contributed by atoms with Crippen LogP contribution < -0.4 is 0 Å². The van der Waals surface area contributed by atoms with Gasteiger partial charge in [0, 0.05) is 16.7 Å². The van der Waals surface area contributed by atoms with Gasteiger partial charge in [0.05, 0.1) is 16.8 Å². The first kappa shape index (κ1) is 36.2. The zero-order chi connectivity index (χ0) is 40.6. The minimum atomic E-state index is -0.416. The highest BCUT2D eigenvalue weighted by Gasteiger charge is 2.45. The van der Waals surface area contributed by atoms with Gasteiger partial charge in [-0.3, -0.25) is 0 Å². The Bertz CT molecular complexity index is 3110. The molecule has 61 heavy (non-hydrogen) atoms. The summed E-state index contributed by atoms with van der Waals surface area (Å²) in [5, 5.41) is 0. The molecule has 0 amide bonds. The molecule has 1 aliphatic rings. The van der Waals surface area contributed by atoms with Crippen LogP contribution in [0.4, 0.5) is 0 Å². The van der Waals surface area contributed by atoms with Crippen molar-refractivity contribution in [3.8, 4) is 78.4 Å². The van der Waals surface area contributed by atoms with E-state index in [0.29, 0.717) is 5.82 Å². The van der Waals surface area contributed by atoms with E-state index in [1.54, 1.807) is 0 Å². The molecule has 0 radical (unpaired) electrons. The highest BCUT2D eigenvalue weighted by molar-refractivity contribution is 5.87. The Morgan fingerprint density at radius 3 is 1.20 bits per heavy atom. The lowest BCUT2D eigenvalue weighted by Gasteiger charge is -2.34. The molecular formula is C59H40N2. The molecule has 0 saturated carbocycles. The van der Waals surface area contributed by atoms with Crippen molar-refractivity contribution in [1.82, 2.24) is 9.97 Å². The third kappa shape index (κ3) is 6.46. The average Bonchev–Trinajstić information content (AvgIpc) is 3.66. The zero-order valence-electron chi connectivity index (χ0n) is 33.5. The van der Waals surface area contributed by atoms with Crippen LogP contribution >= 0.6 is 0 Å². The minimum Gasteiger partial charge on any atom is -0.228 e. The number of benzene rings is 9. The van der Waals surface area contributed by atoms with Gasteiger partial charge in [-0.05, 0) is 85.0 Å². The Morgan fingerprint density at radius 2 is 0.607 bits per heavy atom. The molecule has 1 heterocycles. The van der Waals surface area contributed by atoms with Crippen LogP contribution in [0.15, 0.2) is 243 Å². The molecule has 2 nitrogen and oxygen atoms in total. The maximum atomic E-state index is 5.19.